The van der Waals surface area contributed by atoms with Gasteiger partial charge in [0.25, 0.3) is 0 Å². The molecule has 7 nitrogen and oxygen atoms in total. The van der Waals surface area contributed by atoms with Crippen molar-refractivity contribution in [1.29, 1.82) is 0 Å². The number of Topliss-reactive ketones (excluding diaryl/α,β-unsaturated/α-hetero) is 1. The van der Waals surface area contributed by atoms with E-state index in [1.165, 1.54) is 18.1 Å². The van der Waals surface area contributed by atoms with E-state index in [1.807, 2.05) is 31.5 Å². The van der Waals surface area contributed by atoms with Gasteiger partial charge >= 0.3 is 0 Å². The molecule has 0 radical (unpaired) electrons. The third kappa shape index (κ3) is 11.7. The molecule has 1 unspecified atom stereocenters. The average molecular weight is 617 g/mol. The van der Waals surface area contributed by atoms with Gasteiger partial charge in [0.2, 0.25) is 0 Å². The molecule has 0 saturated heterocycles. The summed E-state index contributed by atoms with van der Waals surface area (Å²) in [5, 5.41) is 0. The molecule has 0 amide bonds. The Balaban J connectivity index is 2.17. The Bertz CT molecular complexity index is 1300. The molecule has 0 aliphatic rings. The fraction of sp³-hybridized carbons (Fsp3) is 0.447. The van der Waals surface area contributed by atoms with Crippen LogP contribution in [0.2, 0.25) is 0 Å². The first kappa shape index (κ1) is 37.1. The SMILES string of the molecule is C=C(CC)CC(C)/C=N\c1cc(OCCCOc2cc(/N=C\[C@@H](C)CC(=C)CC)c(C(C)=O)cc2OC)c(OC)cc1C(=C)C. The van der Waals surface area contributed by atoms with Gasteiger partial charge in [-0.25, -0.2) is 0 Å². The fourth-order valence-electron chi connectivity index (χ4n) is 4.62. The van der Waals surface area contributed by atoms with Gasteiger partial charge in [0, 0.05) is 42.1 Å². The number of ether oxygens (including phenoxy) is 4. The van der Waals surface area contributed by atoms with Crippen molar-refractivity contribution in [2.75, 3.05) is 27.4 Å². The molecule has 2 aromatic rings. The number of rotatable bonds is 20. The third-order valence-corrected chi connectivity index (χ3v) is 7.36. The summed E-state index contributed by atoms with van der Waals surface area (Å²) in [6.45, 7) is 25.0. The zero-order valence-electron chi connectivity index (χ0n) is 28.6. The van der Waals surface area contributed by atoms with Crippen LogP contribution in [0.25, 0.3) is 5.57 Å². The number of ketones is 1. The topological polar surface area (TPSA) is 78.7 Å². The van der Waals surface area contributed by atoms with Crippen LogP contribution in [0.15, 0.2) is 65.1 Å². The highest BCUT2D eigenvalue weighted by Crippen LogP contribution is 2.38. The van der Waals surface area contributed by atoms with Gasteiger partial charge in [0.05, 0.1) is 38.8 Å². The highest BCUT2D eigenvalue weighted by atomic mass is 16.5. The van der Waals surface area contributed by atoms with Crippen LogP contribution in [0.4, 0.5) is 11.4 Å². The molecule has 45 heavy (non-hydrogen) atoms. The molecule has 0 bridgehead atoms. The van der Waals surface area contributed by atoms with Crippen molar-refractivity contribution >= 4 is 35.2 Å². The van der Waals surface area contributed by atoms with Gasteiger partial charge in [0.15, 0.2) is 28.8 Å². The van der Waals surface area contributed by atoms with E-state index < -0.39 is 0 Å². The molecule has 0 fully saturated rings. The Morgan fingerprint density at radius 3 is 1.53 bits per heavy atom. The van der Waals surface area contributed by atoms with Crippen LogP contribution in [0.5, 0.6) is 23.0 Å². The molecule has 0 aromatic heterocycles. The van der Waals surface area contributed by atoms with Crippen LogP contribution in [0.1, 0.15) is 89.6 Å². The summed E-state index contributed by atoms with van der Waals surface area (Å²) in [5.74, 6) is 2.56. The number of allylic oxidation sites excluding steroid dienone is 3. The first-order valence-corrected chi connectivity index (χ1v) is 15.7. The van der Waals surface area contributed by atoms with Gasteiger partial charge in [-0.2, -0.15) is 0 Å². The number of nitrogens with zero attached hydrogens (tertiary/aromatic N) is 2. The van der Waals surface area contributed by atoms with Gasteiger partial charge in [-0.1, -0.05) is 58.6 Å². The molecular formula is C38H52N2O5. The maximum Gasteiger partial charge on any atom is 0.163 e. The zero-order valence-corrected chi connectivity index (χ0v) is 28.6. The number of hydrogen-bond acceptors (Lipinski definition) is 7. The maximum absolute atomic E-state index is 12.4. The summed E-state index contributed by atoms with van der Waals surface area (Å²) in [6.07, 6.45) is 8.03. The quantitative estimate of drug-likeness (QED) is 0.0640. The van der Waals surface area contributed by atoms with Gasteiger partial charge in [0.1, 0.15) is 0 Å². The van der Waals surface area contributed by atoms with E-state index in [-0.39, 0.29) is 17.6 Å². The molecule has 2 aromatic carbocycles. The van der Waals surface area contributed by atoms with Gasteiger partial charge in [-0.3, -0.25) is 14.8 Å². The number of methoxy groups -OCH3 is 2. The molecule has 7 heteroatoms. The number of carbonyl (C=O) groups is 1. The van der Waals surface area contributed by atoms with Crippen molar-refractivity contribution in [2.24, 2.45) is 21.8 Å². The molecule has 0 spiro atoms. The molecular weight excluding hydrogens is 564 g/mol. The summed E-state index contributed by atoms with van der Waals surface area (Å²) >= 11 is 0. The fourth-order valence-corrected chi connectivity index (χ4v) is 4.62. The average Bonchev–Trinajstić information content (AvgIpc) is 3.01. The lowest BCUT2D eigenvalue weighted by molar-refractivity contribution is 0.101. The van der Waals surface area contributed by atoms with Crippen LogP contribution >= 0.6 is 0 Å². The van der Waals surface area contributed by atoms with Crippen LogP contribution in [-0.2, 0) is 0 Å². The smallest absolute Gasteiger partial charge is 0.163 e. The van der Waals surface area contributed by atoms with Crippen LogP contribution < -0.4 is 18.9 Å². The molecule has 0 aliphatic heterocycles. The number of carbonyl (C=O) groups excluding carboxylic acids is 1. The van der Waals surface area contributed by atoms with Crippen LogP contribution in [-0.4, -0.2) is 45.6 Å². The standard InChI is InChI=1S/C38H52N2O5/c1-12-26(5)17-28(7)23-39-33-21-37(35(42-10)19-31(33)25(3)4)44-15-14-16-45-38-22-34(32(30(9)41)20-36(38)43-11)40-24-29(8)18-27(6)13-2/h19-24,28-29H,3,5-6,12-18H2,1-2,4,7-11H3/b39-23-,40-24-/t28?,29-/m0/s1. The molecule has 0 aliphatic carbocycles. The van der Waals surface area contributed by atoms with E-state index in [0.717, 1.165) is 42.5 Å². The van der Waals surface area contributed by atoms with Gasteiger partial charge < -0.3 is 18.9 Å². The predicted molar refractivity (Wildman–Crippen MR) is 189 cm³/mol. The van der Waals surface area contributed by atoms with Crippen molar-refractivity contribution < 1.29 is 23.7 Å². The minimum atomic E-state index is -0.0952. The third-order valence-electron chi connectivity index (χ3n) is 7.36. The van der Waals surface area contributed by atoms with Gasteiger partial charge in [-0.05, 0) is 69.1 Å². The maximum atomic E-state index is 12.4. The molecule has 0 saturated carbocycles. The first-order valence-electron chi connectivity index (χ1n) is 15.7. The molecule has 0 heterocycles. The summed E-state index contributed by atoms with van der Waals surface area (Å²) in [5.41, 5.74) is 5.97. The number of aliphatic imine (C=N–C) groups is 2. The minimum absolute atomic E-state index is 0.0952. The Labute approximate surface area is 270 Å². The normalized spacial score (nSPS) is 12.6. The zero-order chi connectivity index (χ0) is 33.5. The Morgan fingerprint density at radius 1 is 0.733 bits per heavy atom. The summed E-state index contributed by atoms with van der Waals surface area (Å²) in [6, 6.07) is 7.26. The van der Waals surface area contributed by atoms with E-state index in [1.54, 1.807) is 26.4 Å². The lowest BCUT2D eigenvalue weighted by Gasteiger charge is -2.16. The van der Waals surface area contributed by atoms with E-state index in [2.05, 4.69) is 52.4 Å². The molecule has 0 N–H and O–H groups in total. The highest BCUT2D eigenvalue weighted by Gasteiger charge is 2.16. The second-order valence-electron chi connectivity index (χ2n) is 11.6. The van der Waals surface area contributed by atoms with Crippen LogP contribution in [0.3, 0.4) is 0 Å². The largest absolute Gasteiger partial charge is 0.493 e. The monoisotopic (exact) mass is 616 g/mol. The van der Waals surface area contributed by atoms with E-state index in [0.29, 0.717) is 53.9 Å². The number of benzene rings is 2. The lowest BCUT2D eigenvalue weighted by atomic mass is 10.0. The minimum Gasteiger partial charge on any atom is -0.493 e. The second-order valence-corrected chi connectivity index (χ2v) is 11.6. The molecule has 2 rings (SSSR count). The Kier molecular flexibility index (Phi) is 15.3. The van der Waals surface area contributed by atoms with Crippen molar-refractivity contribution in [3.8, 4) is 23.0 Å². The molecule has 244 valence electrons. The summed E-state index contributed by atoms with van der Waals surface area (Å²) < 4.78 is 23.4. The predicted octanol–water partition coefficient (Wildman–Crippen LogP) is 10.2. The van der Waals surface area contributed by atoms with E-state index in [9.17, 15) is 4.79 Å². The van der Waals surface area contributed by atoms with Crippen molar-refractivity contribution in [3.05, 3.63) is 66.3 Å². The molecule has 2 atom stereocenters. The highest BCUT2D eigenvalue weighted by molar-refractivity contribution is 6.00. The van der Waals surface area contributed by atoms with Crippen molar-refractivity contribution in [2.45, 2.75) is 73.6 Å². The van der Waals surface area contributed by atoms with E-state index >= 15 is 0 Å². The number of hydrogen-bond donors (Lipinski definition) is 0. The van der Waals surface area contributed by atoms with Crippen molar-refractivity contribution in [3.63, 3.8) is 0 Å². The van der Waals surface area contributed by atoms with Gasteiger partial charge in [-0.15, -0.1) is 0 Å². The second kappa shape index (κ2) is 18.6. The first-order chi connectivity index (χ1) is 21.4. The van der Waals surface area contributed by atoms with E-state index in [4.69, 9.17) is 23.9 Å². The Hall–Kier alpha value is -4.13. The lowest BCUT2D eigenvalue weighted by Crippen LogP contribution is -2.07. The Morgan fingerprint density at radius 2 is 1.16 bits per heavy atom. The van der Waals surface area contributed by atoms with Crippen molar-refractivity contribution in [1.82, 2.24) is 0 Å². The summed E-state index contributed by atoms with van der Waals surface area (Å²) in [4.78, 5) is 21.8. The van der Waals surface area contributed by atoms with Crippen LogP contribution in [0, 0.1) is 11.8 Å². The summed E-state index contributed by atoms with van der Waals surface area (Å²) in [7, 11) is 3.17.